The molecule has 4 rings (SSSR count). The molecule has 2 aliphatic rings. The Labute approximate surface area is 212 Å². The number of carbonyl (C=O) groups is 1. The predicted molar refractivity (Wildman–Crippen MR) is 135 cm³/mol. The van der Waals surface area contributed by atoms with Crippen LogP contribution in [0.2, 0.25) is 0 Å². The van der Waals surface area contributed by atoms with Gasteiger partial charge in [-0.05, 0) is 46.8 Å². The van der Waals surface area contributed by atoms with Gasteiger partial charge in [0, 0.05) is 55.3 Å². The number of ether oxygens (including phenoxy) is 1. The lowest BCUT2D eigenvalue weighted by Crippen LogP contribution is -2.59. The smallest absolute Gasteiger partial charge is 0.410 e. The quantitative estimate of drug-likeness (QED) is 0.633. The minimum absolute atomic E-state index is 0.0341. The van der Waals surface area contributed by atoms with Crippen LogP contribution in [-0.2, 0) is 10.2 Å². The fourth-order valence-electron chi connectivity index (χ4n) is 4.97. The zero-order chi connectivity index (χ0) is 26.3. The van der Waals surface area contributed by atoms with Crippen molar-refractivity contribution in [3.63, 3.8) is 0 Å². The zero-order valence-corrected chi connectivity index (χ0v) is 21.7. The summed E-state index contributed by atoms with van der Waals surface area (Å²) >= 11 is 0. The topological polar surface area (TPSA) is 122 Å². The standard InChI is InChI=1S/C26H32N8O2/c1-17-14-33(24(35)36-25(3,4)5)18(2)13-32(17)22-21-23(31-16-30-22)34(15-26(21,6)8-9-27)20-11-19(12-28)7-10-29-20/h7,10-11,16-18H,8,13-15H2,1-6H3/t17-,18+,26?/m0/s1. The number of piperazine rings is 1. The summed E-state index contributed by atoms with van der Waals surface area (Å²) in [6.45, 7) is 13.2. The van der Waals surface area contributed by atoms with Crippen LogP contribution in [0.25, 0.3) is 0 Å². The van der Waals surface area contributed by atoms with Crippen LogP contribution in [0.15, 0.2) is 24.7 Å². The van der Waals surface area contributed by atoms with Gasteiger partial charge in [-0.15, -0.1) is 0 Å². The lowest BCUT2D eigenvalue weighted by atomic mass is 9.82. The molecular formula is C26H32N8O2. The summed E-state index contributed by atoms with van der Waals surface area (Å²) in [5.41, 5.74) is 0.284. The Kier molecular flexibility index (Phi) is 6.48. The molecule has 0 bridgehead atoms. The van der Waals surface area contributed by atoms with Gasteiger partial charge in [0.2, 0.25) is 0 Å². The molecule has 188 valence electrons. The Balaban J connectivity index is 1.72. The molecule has 0 saturated carbocycles. The van der Waals surface area contributed by atoms with Gasteiger partial charge < -0.3 is 19.4 Å². The molecule has 10 nitrogen and oxygen atoms in total. The van der Waals surface area contributed by atoms with Crippen molar-refractivity contribution in [3.05, 3.63) is 35.8 Å². The highest BCUT2D eigenvalue weighted by Crippen LogP contribution is 2.48. The molecule has 1 fully saturated rings. The lowest BCUT2D eigenvalue weighted by molar-refractivity contribution is 0.0129. The summed E-state index contributed by atoms with van der Waals surface area (Å²) in [4.78, 5) is 32.5. The van der Waals surface area contributed by atoms with E-state index < -0.39 is 11.0 Å². The highest BCUT2D eigenvalue weighted by atomic mass is 16.6. The Bertz CT molecular complexity index is 1240. The first-order valence-corrected chi connectivity index (χ1v) is 12.1. The summed E-state index contributed by atoms with van der Waals surface area (Å²) in [5.74, 6) is 2.06. The van der Waals surface area contributed by atoms with Crippen LogP contribution in [-0.4, -0.2) is 63.3 Å². The number of nitriles is 2. The second-order valence-corrected chi connectivity index (χ2v) is 10.9. The van der Waals surface area contributed by atoms with Crippen LogP contribution in [0, 0.1) is 22.7 Å². The molecule has 2 aromatic rings. The van der Waals surface area contributed by atoms with Gasteiger partial charge in [0.25, 0.3) is 0 Å². The molecular weight excluding hydrogens is 456 g/mol. The lowest BCUT2D eigenvalue weighted by Gasteiger charge is -2.45. The van der Waals surface area contributed by atoms with Crippen LogP contribution in [0.4, 0.5) is 22.2 Å². The van der Waals surface area contributed by atoms with Crippen molar-refractivity contribution in [2.45, 2.75) is 71.1 Å². The van der Waals surface area contributed by atoms with Gasteiger partial charge in [-0.3, -0.25) is 0 Å². The van der Waals surface area contributed by atoms with E-state index >= 15 is 0 Å². The number of fused-ring (bicyclic) bond motifs is 1. The summed E-state index contributed by atoms with van der Waals surface area (Å²) in [7, 11) is 0. The second-order valence-electron chi connectivity index (χ2n) is 10.9. The number of anilines is 3. The largest absolute Gasteiger partial charge is 0.444 e. The Morgan fingerprint density at radius 1 is 1.17 bits per heavy atom. The number of hydrogen-bond acceptors (Lipinski definition) is 9. The van der Waals surface area contributed by atoms with E-state index in [1.54, 1.807) is 23.2 Å². The first kappa shape index (κ1) is 25.2. The Morgan fingerprint density at radius 2 is 1.89 bits per heavy atom. The number of aromatic nitrogens is 3. The molecule has 1 amide bonds. The van der Waals surface area contributed by atoms with Crippen LogP contribution in [0.1, 0.15) is 59.1 Å². The molecule has 2 aromatic heterocycles. The maximum absolute atomic E-state index is 12.8. The summed E-state index contributed by atoms with van der Waals surface area (Å²) < 4.78 is 5.63. The van der Waals surface area contributed by atoms with E-state index in [-0.39, 0.29) is 24.6 Å². The molecule has 4 heterocycles. The summed E-state index contributed by atoms with van der Waals surface area (Å²) in [6, 6.07) is 7.75. The number of nitrogens with zero attached hydrogens (tertiary/aromatic N) is 8. The molecule has 0 aromatic carbocycles. The van der Waals surface area contributed by atoms with Gasteiger partial charge in [0.1, 0.15) is 29.4 Å². The van der Waals surface area contributed by atoms with Gasteiger partial charge in [0.15, 0.2) is 0 Å². The third-order valence-electron chi connectivity index (χ3n) is 6.68. The van der Waals surface area contributed by atoms with Gasteiger partial charge in [-0.1, -0.05) is 6.92 Å². The number of amides is 1. The van der Waals surface area contributed by atoms with Crippen molar-refractivity contribution in [2.75, 3.05) is 29.4 Å². The van der Waals surface area contributed by atoms with Crippen LogP contribution < -0.4 is 9.80 Å². The van der Waals surface area contributed by atoms with Crippen molar-refractivity contribution in [2.24, 2.45) is 0 Å². The number of rotatable bonds is 3. The summed E-state index contributed by atoms with van der Waals surface area (Å²) in [6.07, 6.45) is 3.09. The van der Waals surface area contributed by atoms with Crippen molar-refractivity contribution in [3.8, 4) is 12.1 Å². The van der Waals surface area contributed by atoms with Crippen molar-refractivity contribution < 1.29 is 9.53 Å². The maximum atomic E-state index is 12.8. The molecule has 1 unspecified atom stereocenters. The van der Waals surface area contributed by atoms with E-state index in [2.05, 4.69) is 33.9 Å². The maximum Gasteiger partial charge on any atom is 0.410 e. The minimum atomic E-state index is -0.565. The average Bonchev–Trinajstić information content (AvgIpc) is 3.12. The van der Waals surface area contributed by atoms with Gasteiger partial charge in [-0.25, -0.2) is 19.7 Å². The number of pyridine rings is 1. The van der Waals surface area contributed by atoms with Crippen LogP contribution >= 0.6 is 0 Å². The first-order chi connectivity index (χ1) is 17.0. The van der Waals surface area contributed by atoms with E-state index in [0.717, 1.165) is 11.4 Å². The fraction of sp³-hybridized carbons (Fsp3) is 0.538. The first-order valence-electron chi connectivity index (χ1n) is 12.1. The van der Waals surface area contributed by atoms with Crippen LogP contribution in [0.3, 0.4) is 0 Å². The molecule has 2 aliphatic heterocycles. The van der Waals surface area contributed by atoms with E-state index in [1.807, 2.05) is 39.5 Å². The van der Waals surface area contributed by atoms with Gasteiger partial charge in [0.05, 0.1) is 17.7 Å². The molecule has 3 atom stereocenters. The molecule has 0 spiro atoms. The third-order valence-corrected chi connectivity index (χ3v) is 6.68. The van der Waals surface area contributed by atoms with Crippen molar-refractivity contribution in [1.29, 1.82) is 10.5 Å². The highest BCUT2D eigenvalue weighted by molar-refractivity contribution is 5.75. The molecule has 36 heavy (non-hydrogen) atoms. The normalized spacial score (nSPS) is 23.6. The Morgan fingerprint density at radius 3 is 2.56 bits per heavy atom. The number of carbonyl (C=O) groups excluding carboxylic acids is 1. The Hall–Kier alpha value is -3.92. The molecule has 0 radical (unpaired) electrons. The minimum Gasteiger partial charge on any atom is -0.444 e. The monoisotopic (exact) mass is 488 g/mol. The number of hydrogen-bond donors (Lipinski definition) is 0. The molecule has 10 heteroatoms. The molecule has 1 saturated heterocycles. The van der Waals surface area contributed by atoms with E-state index in [0.29, 0.717) is 36.8 Å². The van der Waals surface area contributed by atoms with Crippen LogP contribution in [0.5, 0.6) is 0 Å². The summed E-state index contributed by atoms with van der Waals surface area (Å²) in [5, 5.41) is 19.1. The van der Waals surface area contributed by atoms with Crippen molar-refractivity contribution in [1.82, 2.24) is 19.9 Å². The van der Waals surface area contributed by atoms with Crippen molar-refractivity contribution >= 4 is 23.5 Å². The fourth-order valence-corrected chi connectivity index (χ4v) is 4.97. The second kappa shape index (κ2) is 9.27. The zero-order valence-electron chi connectivity index (χ0n) is 21.7. The average molecular weight is 489 g/mol. The van der Waals surface area contributed by atoms with E-state index in [1.165, 1.54) is 6.33 Å². The predicted octanol–water partition coefficient (Wildman–Crippen LogP) is 3.90. The SMILES string of the molecule is C[C@@H]1CN(c2ncnc3c2C(C)(CC#N)CN3c2cc(C#N)ccn2)[C@@H](C)CN1C(=O)OC(C)(C)C. The van der Waals surface area contributed by atoms with E-state index in [9.17, 15) is 15.3 Å². The van der Waals surface area contributed by atoms with Gasteiger partial charge >= 0.3 is 6.09 Å². The molecule has 0 aliphatic carbocycles. The van der Waals surface area contributed by atoms with Gasteiger partial charge in [-0.2, -0.15) is 10.5 Å². The third kappa shape index (κ3) is 4.64. The molecule has 0 N–H and O–H groups in total. The highest BCUT2D eigenvalue weighted by Gasteiger charge is 2.46. The van der Waals surface area contributed by atoms with E-state index in [4.69, 9.17) is 9.72 Å².